The van der Waals surface area contributed by atoms with E-state index in [0.29, 0.717) is 31.1 Å². The highest BCUT2D eigenvalue weighted by Crippen LogP contribution is 2.31. The summed E-state index contributed by atoms with van der Waals surface area (Å²) in [5, 5.41) is 11.8. The Morgan fingerprint density at radius 2 is 1.90 bits per heavy atom. The van der Waals surface area contributed by atoms with Crippen molar-refractivity contribution >= 4 is 41.0 Å². The van der Waals surface area contributed by atoms with Gasteiger partial charge in [0.15, 0.2) is 11.5 Å². The van der Waals surface area contributed by atoms with Gasteiger partial charge in [0.25, 0.3) is 5.91 Å². The molecule has 2 aliphatic heterocycles. The molecular formula is C22H23N3O4S. The van der Waals surface area contributed by atoms with Crippen molar-refractivity contribution in [1.82, 2.24) is 9.80 Å². The first-order valence-electron chi connectivity index (χ1n) is 9.82. The van der Waals surface area contributed by atoms with Crippen LogP contribution >= 0.6 is 11.3 Å². The molecule has 1 fully saturated rings. The van der Waals surface area contributed by atoms with Crippen molar-refractivity contribution in [3.63, 3.8) is 0 Å². The van der Waals surface area contributed by atoms with Crippen LogP contribution < -0.4 is 10.1 Å². The summed E-state index contributed by atoms with van der Waals surface area (Å²) in [5.74, 6) is 0.556. The summed E-state index contributed by atoms with van der Waals surface area (Å²) in [7, 11) is 0. The molecule has 3 heterocycles. The van der Waals surface area contributed by atoms with Crippen molar-refractivity contribution in [1.29, 1.82) is 0 Å². The number of fused-ring (bicyclic) bond motifs is 1. The number of anilines is 1. The molecule has 1 aromatic heterocycles. The number of nitrogens with one attached hydrogen (secondary N) is 1. The average molecular weight is 426 g/mol. The molecule has 1 saturated heterocycles. The number of carbonyl (C=O) groups excluding carboxylic acids is 2. The minimum Gasteiger partial charge on any atom is -0.449 e. The summed E-state index contributed by atoms with van der Waals surface area (Å²) in [6.45, 7) is 3.69. The standard InChI is InChI=1S/C22H23N3O4S/c26-14-13-24-9-11-25(12-10-24)21(27)8-7-16-5-6-17(30-16)15-20-22(28)23-18-3-1-2-4-19(18)29-20/h1-8,15,26H,9-14H2,(H,23,28)/b8-7+,20-15-. The van der Waals surface area contributed by atoms with Crippen LogP contribution in [0.25, 0.3) is 12.2 Å². The zero-order chi connectivity index (χ0) is 20.9. The first kappa shape index (κ1) is 20.3. The van der Waals surface area contributed by atoms with Crippen LogP contribution in [-0.4, -0.2) is 66.1 Å². The molecule has 2 aromatic rings. The predicted molar refractivity (Wildman–Crippen MR) is 117 cm³/mol. The van der Waals surface area contributed by atoms with Crippen molar-refractivity contribution in [3.05, 3.63) is 58.0 Å². The molecule has 2 aliphatic rings. The fourth-order valence-corrected chi connectivity index (χ4v) is 4.21. The number of hydrogen-bond donors (Lipinski definition) is 2. The van der Waals surface area contributed by atoms with Crippen LogP contribution in [0.1, 0.15) is 9.75 Å². The third kappa shape index (κ3) is 4.79. The van der Waals surface area contributed by atoms with E-state index in [1.165, 1.54) is 11.3 Å². The molecule has 1 aromatic carbocycles. The zero-order valence-corrected chi connectivity index (χ0v) is 17.2. The maximum Gasteiger partial charge on any atom is 0.291 e. The summed E-state index contributed by atoms with van der Waals surface area (Å²) >= 11 is 1.48. The lowest BCUT2D eigenvalue weighted by Gasteiger charge is -2.33. The molecule has 0 radical (unpaired) electrons. The molecule has 7 nitrogen and oxygen atoms in total. The lowest BCUT2D eigenvalue weighted by molar-refractivity contribution is -0.127. The maximum atomic E-state index is 12.4. The number of piperazine rings is 1. The van der Waals surface area contributed by atoms with Gasteiger partial charge in [-0.05, 0) is 30.3 Å². The van der Waals surface area contributed by atoms with Gasteiger partial charge in [0.05, 0.1) is 12.3 Å². The van der Waals surface area contributed by atoms with Crippen molar-refractivity contribution < 1.29 is 19.4 Å². The Balaban J connectivity index is 1.37. The van der Waals surface area contributed by atoms with Crippen LogP contribution in [0.15, 0.2) is 48.2 Å². The number of benzene rings is 1. The number of para-hydroxylation sites is 2. The largest absolute Gasteiger partial charge is 0.449 e. The van der Waals surface area contributed by atoms with Gasteiger partial charge in [-0.1, -0.05) is 12.1 Å². The SMILES string of the molecule is O=C1Nc2ccccc2O/C1=C\c1ccc(/C=C/C(=O)N2CCN(CCO)CC2)s1. The number of β-amino-alcohol motifs (C(OH)–C–C–N with tert-alkyl or cyclic N) is 1. The van der Waals surface area contributed by atoms with Gasteiger partial charge < -0.3 is 20.1 Å². The number of ether oxygens (including phenoxy) is 1. The quantitative estimate of drug-likeness (QED) is 0.719. The van der Waals surface area contributed by atoms with E-state index < -0.39 is 0 Å². The maximum absolute atomic E-state index is 12.4. The first-order chi connectivity index (χ1) is 14.6. The third-order valence-corrected chi connectivity index (χ3v) is 5.99. The molecule has 0 aliphatic carbocycles. The molecule has 0 unspecified atom stereocenters. The second kappa shape index (κ2) is 9.25. The van der Waals surface area contributed by atoms with Crippen LogP contribution in [0.3, 0.4) is 0 Å². The topological polar surface area (TPSA) is 82.1 Å². The van der Waals surface area contributed by atoms with Crippen LogP contribution in [0.5, 0.6) is 5.75 Å². The Morgan fingerprint density at radius 3 is 2.70 bits per heavy atom. The Bertz CT molecular complexity index is 990. The van der Waals surface area contributed by atoms with Gasteiger partial charge in [-0.3, -0.25) is 14.5 Å². The number of carbonyl (C=O) groups is 2. The molecule has 4 rings (SSSR count). The minimum absolute atomic E-state index is 0.0152. The summed E-state index contributed by atoms with van der Waals surface area (Å²) in [6, 6.07) is 11.1. The van der Waals surface area contributed by atoms with Gasteiger partial charge in [-0.2, -0.15) is 0 Å². The number of hydrogen-bond acceptors (Lipinski definition) is 6. The van der Waals surface area contributed by atoms with E-state index in [4.69, 9.17) is 9.84 Å². The molecule has 0 saturated carbocycles. The van der Waals surface area contributed by atoms with Crippen molar-refractivity contribution in [3.8, 4) is 5.75 Å². The summed E-state index contributed by atoms with van der Waals surface area (Å²) in [5.41, 5.74) is 0.658. The van der Waals surface area contributed by atoms with Gasteiger partial charge in [0.1, 0.15) is 0 Å². The lowest BCUT2D eigenvalue weighted by atomic mass is 10.2. The van der Waals surface area contributed by atoms with Crippen molar-refractivity contribution in [2.75, 3.05) is 44.6 Å². The number of thiophene rings is 1. The minimum atomic E-state index is -0.283. The van der Waals surface area contributed by atoms with E-state index in [1.807, 2.05) is 29.2 Å². The smallest absolute Gasteiger partial charge is 0.291 e. The molecule has 0 spiro atoms. The molecule has 2 N–H and O–H groups in total. The molecule has 156 valence electrons. The van der Waals surface area contributed by atoms with E-state index in [2.05, 4.69) is 10.2 Å². The van der Waals surface area contributed by atoms with Crippen molar-refractivity contribution in [2.24, 2.45) is 0 Å². The Morgan fingerprint density at radius 1 is 1.13 bits per heavy atom. The third-order valence-electron chi connectivity index (χ3n) is 4.99. The fourth-order valence-electron chi connectivity index (χ4n) is 3.36. The van der Waals surface area contributed by atoms with Crippen LogP contribution in [-0.2, 0) is 9.59 Å². The average Bonchev–Trinajstić information content (AvgIpc) is 3.21. The fraction of sp³-hybridized carbons (Fsp3) is 0.273. The van der Waals surface area contributed by atoms with E-state index >= 15 is 0 Å². The second-order valence-corrected chi connectivity index (χ2v) is 8.17. The highest BCUT2D eigenvalue weighted by atomic mass is 32.1. The van der Waals surface area contributed by atoms with E-state index in [-0.39, 0.29) is 24.2 Å². The van der Waals surface area contributed by atoms with E-state index in [1.54, 1.807) is 30.4 Å². The Kier molecular flexibility index (Phi) is 6.27. The first-order valence-corrected chi connectivity index (χ1v) is 10.6. The van der Waals surface area contributed by atoms with Crippen LogP contribution in [0.4, 0.5) is 5.69 Å². The van der Waals surface area contributed by atoms with E-state index in [0.717, 1.165) is 22.8 Å². The number of aliphatic hydroxyl groups is 1. The van der Waals surface area contributed by atoms with Crippen molar-refractivity contribution in [2.45, 2.75) is 0 Å². The van der Waals surface area contributed by atoms with Crippen LogP contribution in [0.2, 0.25) is 0 Å². The predicted octanol–water partition coefficient (Wildman–Crippen LogP) is 2.27. The highest BCUT2D eigenvalue weighted by molar-refractivity contribution is 7.13. The van der Waals surface area contributed by atoms with Gasteiger partial charge in [-0.15, -0.1) is 11.3 Å². The Hall–Kier alpha value is -2.94. The molecule has 0 atom stereocenters. The molecular weight excluding hydrogens is 402 g/mol. The van der Waals surface area contributed by atoms with Crippen LogP contribution in [0, 0.1) is 0 Å². The van der Waals surface area contributed by atoms with Gasteiger partial charge in [0.2, 0.25) is 5.91 Å². The highest BCUT2D eigenvalue weighted by Gasteiger charge is 2.22. The molecule has 30 heavy (non-hydrogen) atoms. The summed E-state index contributed by atoms with van der Waals surface area (Å²) in [6.07, 6.45) is 5.09. The second-order valence-electron chi connectivity index (χ2n) is 7.02. The van der Waals surface area contributed by atoms with Gasteiger partial charge in [0, 0.05) is 54.6 Å². The number of rotatable bonds is 5. The number of aliphatic hydroxyl groups excluding tert-OH is 1. The molecule has 2 amide bonds. The lowest BCUT2D eigenvalue weighted by Crippen LogP contribution is -2.48. The van der Waals surface area contributed by atoms with Gasteiger partial charge >= 0.3 is 0 Å². The van der Waals surface area contributed by atoms with E-state index in [9.17, 15) is 9.59 Å². The van der Waals surface area contributed by atoms with Gasteiger partial charge in [-0.25, -0.2) is 0 Å². The molecule has 8 heteroatoms. The zero-order valence-electron chi connectivity index (χ0n) is 16.4. The Labute approximate surface area is 178 Å². The monoisotopic (exact) mass is 425 g/mol. The number of nitrogens with zero attached hydrogens (tertiary/aromatic N) is 2. The molecule has 0 bridgehead atoms. The summed E-state index contributed by atoms with van der Waals surface area (Å²) < 4.78 is 5.72. The summed E-state index contributed by atoms with van der Waals surface area (Å²) in [4.78, 5) is 30.4. The normalized spacial score (nSPS) is 18.4. The number of amides is 2.